The standard InChI is InChI=1S/C21H25ClN2O2/c1-13(2)4-11-18-20(14-5-7-15(22)8-6-14)24-21(23-18)17-10-9-16(26-3)12-19(17)25/h5-10,12-13,18,20,25H,4,11H2,1-3H3,(H,23,24). The fourth-order valence-corrected chi connectivity index (χ4v) is 3.34. The van der Waals surface area contributed by atoms with Crippen molar-refractivity contribution in [2.45, 2.75) is 38.8 Å². The molecule has 0 aliphatic carbocycles. The number of rotatable bonds is 6. The number of aromatic hydroxyl groups is 1. The summed E-state index contributed by atoms with van der Waals surface area (Å²) < 4.78 is 5.17. The number of aliphatic imine (C=N–C) groups is 1. The van der Waals surface area contributed by atoms with E-state index >= 15 is 0 Å². The number of hydrogen-bond acceptors (Lipinski definition) is 4. The van der Waals surface area contributed by atoms with Gasteiger partial charge in [0.2, 0.25) is 0 Å². The van der Waals surface area contributed by atoms with Crippen LogP contribution in [0.15, 0.2) is 47.5 Å². The molecule has 0 fully saturated rings. The van der Waals surface area contributed by atoms with Crippen molar-refractivity contribution in [1.29, 1.82) is 0 Å². The van der Waals surface area contributed by atoms with E-state index < -0.39 is 0 Å². The van der Waals surface area contributed by atoms with E-state index in [9.17, 15) is 5.11 Å². The number of phenolic OH excluding ortho intramolecular Hbond substituents is 1. The van der Waals surface area contributed by atoms with Gasteiger partial charge in [-0.05, 0) is 48.6 Å². The highest BCUT2D eigenvalue weighted by Crippen LogP contribution is 2.33. The molecule has 0 saturated carbocycles. The maximum Gasteiger partial charge on any atom is 0.133 e. The van der Waals surface area contributed by atoms with Gasteiger partial charge in [-0.3, -0.25) is 4.99 Å². The molecule has 0 radical (unpaired) electrons. The van der Waals surface area contributed by atoms with Crippen LogP contribution in [-0.4, -0.2) is 24.1 Å². The van der Waals surface area contributed by atoms with Crippen molar-refractivity contribution in [3.63, 3.8) is 0 Å². The zero-order chi connectivity index (χ0) is 18.7. The molecule has 1 aliphatic heterocycles. The third-order valence-corrected chi connectivity index (χ3v) is 4.95. The van der Waals surface area contributed by atoms with Crippen molar-refractivity contribution < 1.29 is 9.84 Å². The molecule has 2 aromatic carbocycles. The average molecular weight is 373 g/mol. The number of methoxy groups -OCH3 is 1. The first-order valence-corrected chi connectivity index (χ1v) is 9.33. The molecule has 2 unspecified atom stereocenters. The van der Waals surface area contributed by atoms with Crippen LogP contribution in [0.25, 0.3) is 0 Å². The average Bonchev–Trinajstić information content (AvgIpc) is 3.04. The number of ether oxygens (including phenoxy) is 1. The van der Waals surface area contributed by atoms with Gasteiger partial charge in [-0.1, -0.05) is 37.6 Å². The predicted molar refractivity (Wildman–Crippen MR) is 106 cm³/mol. The predicted octanol–water partition coefficient (Wildman–Crippen LogP) is 4.95. The lowest BCUT2D eigenvalue weighted by Crippen LogP contribution is -2.32. The molecule has 138 valence electrons. The highest BCUT2D eigenvalue weighted by molar-refractivity contribution is 6.30. The minimum absolute atomic E-state index is 0.00233. The maximum absolute atomic E-state index is 10.4. The fourth-order valence-electron chi connectivity index (χ4n) is 3.22. The molecular weight excluding hydrogens is 348 g/mol. The zero-order valence-electron chi connectivity index (χ0n) is 15.4. The lowest BCUT2D eigenvalue weighted by Gasteiger charge is -2.20. The smallest absolute Gasteiger partial charge is 0.133 e. The van der Waals surface area contributed by atoms with Gasteiger partial charge in [0.15, 0.2) is 0 Å². The van der Waals surface area contributed by atoms with E-state index in [1.807, 2.05) is 36.4 Å². The summed E-state index contributed by atoms with van der Waals surface area (Å²) in [4.78, 5) is 4.90. The number of benzene rings is 2. The van der Waals surface area contributed by atoms with Crippen LogP contribution >= 0.6 is 11.6 Å². The summed E-state index contributed by atoms with van der Waals surface area (Å²) in [5.41, 5.74) is 1.82. The van der Waals surface area contributed by atoms with Gasteiger partial charge in [0, 0.05) is 11.1 Å². The molecule has 1 aliphatic rings. The van der Waals surface area contributed by atoms with E-state index in [1.165, 1.54) is 0 Å². The van der Waals surface area contributed by atoms with Gasteiger partial charge in [-0.15, -0.1) is 0 Å². The number of nitrogens with one attached hydrogen (secondary N) is 1. The Morgan fingerprint density at radius 2 is 1.92 bits per heavy atom. The summed E-state index contributed by atoms with van der Waals surface area (Å²) in [6.07, 6.45) is 2.12. The minimum atomic E-state index is 0.00233. The molecule has 2 N–H and O–H groups in total. The molecule has 2 atom stereocenters. The first-order valence-electron chi connectivity index (χ1n) is 8.95. The quantitative estimate of drug-likeness (QED) is 0.754. The Kier molecular flexibility index (Phi) is 5.72. The van der Waals surface area contributed by atoms with Gasteiger partial charge in [-0.2, -0.15) is 0 Å². The van der Waals surface area contributed by atoms with Crippen molar-refractivity contribution in [3.8, 4) is 11.5 Å². The van der Waals surface area contributed by atoms with E-state index in [4.69, 9.17) is 21.3 Å². The summed E-state index contributed by atoms with van der Waals surface area (Å²) in [5.74, 6) is 2.13. The van der Waals surface area contributed by atoms with Crippen LogP contribution < -0.4 is 10.1 Å². The van der Waals surface area contributed by atoms with Crippen molar-refractivity contribution in [2.24, 2.45) is 10.9 Å². The van der Waals surface area contributed by atoms with Gasteiger partial charge < -0.3 is 15.2 Å². The van der Waals surface area contributed by atoms with Crippen molar-refractivity contribution in [1.82, 2.24) is 5.32 Å². The van der Waals surface area contributed by atoms with Crippen LogP contribution in [0.3, 0.4) is 0 Å². The fraction of sp³-hybridized carbons (Fsp3) is 0.381. The third-order valence-electron chi connectivity index (χ3n) is 4.70. The monoisotopic (exact) mass is 372 g/mol. The van der Waals surface area contributed by atoms with Gasteiger partial charge in [0.1, 0.15) is 17.3 Å². The molecule has 0 amide bonds. The maximum atomic E-state index is 10.4. The zero-order valence-corrected chi connectivity index (χ0v) is 16.1. The lowest BCUT2D eigenvalue weighted by atomic mass is 9.94. The second kappa shape index (κ2) is 8.00. The van der Waals surface area contributed by atoms with E-state index in [-0.39, 0.29) is 17.8 Å². The SMILES string of the molecule is COc1ccc(C2=NC(c3ccc(Cl)cc3)C(CCC(C)C)N2)c(O)c1. The van der Waals surface area contributed by atoms with Crippen LogP contribution in [-0.2, 0) is 0 Å². The Morgan fingerprint density at radius 1 is 1.19 bits per heavy atom. The van der Waals surface area contributed by atoms with Gasteiger partial charge in [-0.25, -0.2) is 0 Å². The van der Waals surface area contributed by atoms with Gasteiger partial charge in [0.25, 0.3) is 0 Å². The van der Waals surface area contributed by atoms with Crippen molar-refractivity contribution in [2.75, 3.05) is 7.11 Å². The molecule has 5 heteroatoms. The van der Waals surface area contributed by atoms with Crippen LogP contribution in [0, 0.1) is 5.92 Å². The Balaban J connectivity index is 1.91. The molecule has 4 nitrogen and oxygen atoms in total. The second-order valence-electron chi connectivity index (χ2n) is 7.08. The van der Waals surface area contributed by atoms with Crippen LogP contribution in [0.5, 0.6) is 11.5 Å². The first kappa shape index (κ1) is 18.6. The lowest BCUT2D eigenvalue weighted by molar-refractivity contribution is 0.407. The Hall–Kier alpha value is -2.20. The molecule has 1 heterocycles. The normalized spacial score (nSPS) is 19.3. The number of nitrogens with zero attached hydrogens (tertiary/aromatic N) is 1. The van der Waals surface area contributed by atoms with E-state index in [0.717, 1.165) is 29.3 Å². The number of phenols is 1. The molecule has 26 heavy (non-hydrogen) atoms. The highest BCUT2D eigenvalue weighted by atomic mass is 35.5. The summed E-state index contributed by atoms with van der Waals surface area (Å²) in [6, 6.07) is 13.3. The van der Waals surface area contributed by atoms with Gasteiger partial charge >= 0.3 is 0 Å². The largest absolute Gasteiger partial charge is 0.507 e. The number of halogens is 1. The summed E-state index contributed by atoms with van der Waals surface area (Å²) >= 11 is 6.04. The Bertz CT molecular complexity index is 787. The molecule has 0 aromatic heterocycles. The van der Waals surface area contributed by atoms with E-state index in [0.29, 0.717) is 17.2 Å². The molecule has 0 spiro atoms. The number of amidine groups is 1. The van der Waals surface area contributed by atoms with Crippen LogP contribution in [0.2, 0.25) is 5.02 Å². The van der Waals surface area contributed by atoms with Crippen molar-refractivity contribution in [3.05, 3.63) is 58.6 Å². The second-order valence-corrected chi connectivity index (χ2v) is 7.52. The molecule has 3 rings (SSSR count). The first-order chi connectivity index (χ1) is 12.5. The highest BCUT2D eigenvalue weighted by Gasteiger charge is 2.31. The molecule has 0 saturated heterocycles. The van der Waals surface area contributed by atoms with E-state index in [2.05, 4.69) is 19.2 Å². The van der Waals surface area contributed by atoms with Crippen LogP contribution in [0.4, 0.5) is 0 Å². The summed E-state index contributed by atoms with van der Waals surface area (Å²) in [7, 11) is 1.58. The van der Waals surface area contributed by atoms with Crippen molar-refractivity contribution >= 4 is 17.4 Å². The minimum Gasteiger partial charge on any atom is -0.507 e. The molecule has 2 aromatic rings. The third kappa shape index (κ3) is 4.13. The molecular formula is C21H25ClN2O2. The van der Waals surface area contributed by atoms with E-state index in [1.54, 1.807) is 13.2 Å². The summed E-state index contributed by atoms with van der Waals surface area (Å²) in [6.45, 7) is 4.45. The number of hydrogen-bond donors (Lipinski definition) is 2. The Morgan fingerprint density at radius 3 is 2.54 bits per heavy atom. The van der Waals surface area contributed by atoms with Crippen LogP contribution in [0.1, 0.15) is 43.9 Å². The Labute approximate surface area is 159 Å². The summed E-state index contributed by atoms with van der Waals surface area (Å²) in [5, 5.41) is 14.6. The topological polar surface area (TPSA) is 53.8 Å². The molecule has 0 bridgehead atoms. The van der Waals surface area contributed by atoms with Gasteiger partial charge in [0.05, 0.1) is 24.8 Å².